The van der Waals surface area contributed by atoms with Crippen molar-refractivity contribution < 1.29 is 22.7 Å². The van der Waals surface area contributed by atoms with E-state index in [2.05, 4.69) is 4.74 Å². The third kappa shape index (κ3) is 1.72. The first kappa shape index (κ1) is 12.1. The van der Waals surface area contributed by atoms with E-state index < -0.39 is 26.5 Å². The fraction of sp³-hybridized carbons (Fsp3) is 0.889. The lowest BCUT2D eigenvalue weighted by Gasteiger charge is -2.10. The van der Waals surface area contributed by atoms with E-state index in [1.807, 2.05) is 0 Å². The van der Waals surface area contributed by atoms with Crippen molar-refractivity contribution in [3.05, 3.63) is 0 Å². The molecule has 0 N–H and O–H groups in total. The number of sulfone groups is 1. The van der Waals surface area contributed by atoms with Crippen LogP contribution in [0.1, 0.15) is 19.3 Å². The zero-order valence-corrected chi connectivity index (χ0v) is 10.4. The molecule has 0 saturated carbocycles. The largest absolute Gasteiger partial charge is 0.466 e. The van der Waals surface area contributed by atoms with Gasteiger partial charge in [0.05, 0.1) is 18.6 Å². The summed E-state index contributed by atoms with van der Waals surface area (Å²) in [5.41, 5.74) is -0.842. The van der Waals surface area contributed by atoms with Crippen LogP contribution in [0.4, 0.5) is 0 Å². The van der Waals surface area contributed by atoms with Gasteiger partial charge in [0.2, 0.25) is 0 Å². The summed E-state index contributed by atoms with van der Waals surface area (Å²) in [6, 6.07) is 0. The molecule has 2 rings (SSSR count). The number of alkyl halides is 1. The molecule has 0 bridgehead atoms. The molecule has 5 nitrogen and oxygen atoms in total. The lowest BCUT2D eigenvalue weighted by molar-refractivity contribution is -0.143. The second-order valence-corrected chi connectivity index (χ2v) is 7.02. The van der Waals surface area contributed by atoms with E-state index in [0.29, 0.717) is 12.8 Å². The van der Waals surface area contributed by atoms with E-state index in [-0.39, 0.29) is 17.9 Å². The molecule has 0 radical (unpaired) electrons. The molecule has 2 fully saturated rings. The quantitative estimate of drug-likeness (QED) is 0.392. The molecule has 2 heterocycles. The molecule has 16 heavy (non-hydrogen) atoms. The summed E-state index contributed by atoms with van der Waals surface area (Å²) in [6.45, 7) is 0. The third-order valence-electron chi connectivity index (χ3n) is 3.18. The second-order valence-electron chi connectivity index (χ2n) is 4.19. The van der Waals surface area contributed by atoms with Gasteiger partial charge in [-0.1, -0.05) is 11.6 Å². The minimum Gasteiger partial charge on any atom is -0.466 e. The molecule has 2 saturated heterocycles. The number of methoxy groups -OCH3 is 1. The highest BCUT2D eigenvalue weighted by Crippen LogP contribution is 2.58. The van der Waals surface area contributed by atoms with Gasteiger partial charge in [-0.3, -0.25) is 0 Å². The molecule has 2 atom stereocenters. The van der Waals surface area contributed by atoms with Crippen LogP contribution in [-0.4, -0.2) is 43.7 Å². The standard InChI is InChI=1S/C9H13ClO5S/c1-14-7(11)9(10)8(15-9)3-2-5-16(12,13)6-4-8/h2-6H2,1H3. The maximum absolute atomic E-state index is 11.4. The molecule has 0 aliphatic carbocycles. The molecule has 0 aromatic rings. The zero-order chi connectivity index (χ0) is 12.0. The SMILES string of the molecule is COC(=O)C1(Cl)OC12CCCS(=O)(=O)CC2. The number of rotatable bonds is 1. The monoisotopic (exact) mass is 268 g/mol. The van der Waals surface area contributed by atoms with Crippen molar-refractivity contribution in [1.82, 2.24) is 0 Å². The van der Waals surface area contributed by atoms with Gasteiger partial charge in [0, 0.05) is 0 Å². The average molecular weight is 269 g/mol. The van der Waals surface area contributed by atoms with E-state index in [0.717, 1.165) is 0 Å². The Bertz CT molecular complexity index is 420. The Labute approximate surface area is 99.0 Å². The van der Waals surface area contributed by atoms with Gasteiger partial charge in [-0.25, -0.2) is 13.2 Å². The van der Waals surface area contributed by atoms with Gasteiger partial charge < -0.3 is 9.47 Å². The Kier molecular flexibility index (Phi) is 2.72. The molecule has 2 aliphatic heterocycles. The van der Waals surface area contributed by atoms with Crippen molar-refractivity contribution >= 4 is 27.4 Å². The first-order chi connectivity index (χ1) is 7.35. The zero-order valence-electron chi connectivity index (χ0n) is 8.86. The number of hydrogen-bond donors (Lipinski definition) is 0. The minimum absolute atomic E-state index is 0.0124. The average Bonchev–Trinajstić information content (AvgIpc) is 2.85. The number of halogens is 1. The summed E-state index contributed by atoms with van der Waals surface area (Å²) in [4.78, 5) is 11.4. The van der Waals surface area contributed by atoms with Crippen LogP contribution in [0.3, 0.4) is 0 Å². The van der Waals surface area contributed by atoms with Crippen molar-refractivity contribution in [1.29, 1.82) is 0 Å². The van der Waals surface area contributed by atoms with Crippen LogP contribution in [0.5, 0.6) is 0 Å². The first-order valence-corrected chi connectivity index (χ1v) is 7.23. The van der Waals surface area contributed by atoms with Crippen molar-refractivity contribution in [2.24, 2.45) is 0 Å². The van der Waals surface area contributed by atoms with E-state index in [1.54, 1.807) is 0 Å². The molecule has 1 spiro atoms. The fourth-order valence-electron chi connectivity index (χ4n) is 2.15. The second kappa shape index (κ2) is 3.58. The van der Waals surface area contributed by atoms with Crippen LogP contribution in [0.2, 0.25) is 0 Å². The smallest absolute Gasteiger partial charge is 0.357 e. The van der Waals surface area contributed by atoms with E-state index in [9.17, 15) is 13.2 Å². The molecular formula is C9H13ClO5S. The van der Waals surface area contributed by atoms with Gasteiger partial charge in [-0.15, -0.1) is 0 Å². The Morgan fingerprint density at radius 2 is 2.06 bits per heavy atom. The summed E-state index contributed by atoms with van der Waals surface area (Å²) in [5, 5.41) is -1.47. The third-order valence-corrected chi connectivity index (χ3v) is 5.49. The highest BCUT2D eigenvalue weighted by molar-refractivity contribution is 7.91. The number of carbonyl (C=O) groups is 1. The fourth-order valence-corrected chi connectivity index (χ4v) is 3.99. The molecule has 2 unspecified atom stereocenters. The molecule has 0 aromatic heterocycles. The van der Waals surface area contributed by atoms with Crippen molar-refractivity contribution in [3.8, 4) is 0 Å². The highest BCUT2D eigenvalue weighted by atomic mass is 35.5. The Balaban J connectivity index is 2.16. The number of epoxide rings is 1. The number of esters is 1. The van der Waals surface area contributed by atoms with Crippen LogP contribution in [0.25, 0.3) is 0 Å². The molecular weight excluding hydrogens is 256 g/mol. The van der Waals surface area contributed by atoms with Gasteiger partial charge in [0.15, 0.2) is 0 Å². The number of carbonyl (C=O) groups excluding carboxylic acids is 1. The maximum atomic E-state index is 11.4. The van der Waals surface area contributed by atoms with Crippen molar-refractivity contribution in [2.45, 2.75) is 29.9 Å². The predicted molar refractivity (Wildman–Crippen MR) is 56.9 cm³/mol. The molecule has 7 heteroatoms. The van der Waals surface area contributed by atoms with Crippen molar-refractivity contribution in [2.75, 3.05) is 18.6 Å². The van der Waals surface area contributed by atoms with Gasteiger partial charge in [-0.2, -0.15) is 0 Å². The normalized spacial score (nSPS) is 41.4. The van der Waals surface area contributed by atoms with E-state index >= 15 is 0 Å². The van der Waals surface area contributed by atoms with Crippen molar-refractivity contribution in [3.63, 3.8) is 0 Å². The van der Waals surface area contributed by atoms with Gasteiger partial charge in [0.25, 0.3) is 5.06 Å². The molecule has 0 aromatic carbocycles. The highest BCUT2D eigenvalue weighted by Gasteiger charge is 2.74. The van der Waals surface area contributed by atoms with Crippen LogP contribution in [0.15, 0.2) is 0 Å². The lowest BCUT2D eigenvalue weighted by Crippen LogP contribution is -2.30. The van der Waals surface area contributed by atoms with Gasteiger partial charge in [0.1, 0.15) is 15.4 Å². The molecule has 2 aliphatic rings. The van der Waals surface area contributed by atoms with E-state index in [4.69, 9.17) is 16.3 Å². The molecule has 92 valence electrons. The summed E-state index contributed by atoms with van der Waals surface area (Å²) in [6.07, 6.45) is 1.20. The summed E-state index contributed by atoms with van der Waals surface area (Å²) in [5.74, 6) is -0.501. The Morgan fingerprint density at radius 1 is 1.38 bits per heavy atom. The summed E-state index contributed by atoms with van der Waals surface area (Å²) in [7, 11) is -1.79. The van der Waals surface area contributed by atoms with Crippen LogP contribution in [0, 0.1) is 0 Å². The van der Waals surface area contributed by atoms with Crippen LogP contribution in [-0.2, 0) is 24.1 Å². The Hall–Kier alpha value is -0.330. The van der Waals surface area contributed by atoms with Gasteiger partial charge in [-0.05, 0) is 19.3 Å². The number of ether oxygens (including phenoxy) is 2. The van der Waals surface area contributed by atoms with Gasteiger partial charge >= 0.3 is 5.97 Å². The first-order valence-electron chi connectivity index (χ1n) is 5.03. The maximum Gasteiger partial charge on any atom is 0.357 e. The Morgan fingerprint density at radius 3 is 2.69 bits per heavy atom. The number of hydrogen-bond acceptors (Lipinski definition) is 5. The molecule has 0 amide bonds. The minimum atomic E-state index is -3.02. The topological polar surface area (TPSA) is 73.0 Å². The van der Waals surface area contributed by atoms with E-state index in [1.165, 1.54) is 7.11 Å². The lowest BCUT2D eigenvalue weighted by atomic mass is 9.96. The summed E-state index contributed by atoms with van der Waals surface area (Å²) >= 11 is 6.00. The predicted octanol–water partition coefficient (Wildman–Crippen LogP) is 0.462. The summed E-state index contributed by atoms with van der Waals surface area (Å²) < 4.78 is 32.7. The van der Waals surface area contributed by atoms with Crippen LogP contribution < -0.4 is 0 Å². The van der Waals surface area contributed by atoms with Crippen LogP contribution >= 0.6 is 11.6 Å².